The summed E-state index contributed by atoms with van der Waals surface area (Å²) in [6.07, 6.45) is -3.05. The van der Waals surface area contributed by atoms with Crippen molar-refractivity contribution in [3.63, 3.8) is 0 Å². The molecule has 0 aromatic carbocycles. The normalized spacial score (nSPS) is 46.0. The molecule has 1 aliphatic carbocycles. The zero-order valence-corrected chi connectivity index (χ0v) is 13.4. The molecule has 0 radical (unpaired) electrons. The molecule has 9 heteroatoms. The van der Waals surface area contributed by atoms with Crippen molar-refractivity contribution in [1.82, 2.24) is 5.32 Å². The number of likely N-dealkylation sites (N-methyl/N-ethyl adjacent to an activating group) is 1. The van der Waals surface area contributed by atoms with Crippen molar-refractivity contribution >= 4 is 0 Å². The first-order valence-electron chi connectivity index (χ1n) is 7.78. The molecule has 0 amide bonds. The summed E-state index contributed by atoms with van der Waals surface area (Å²) >= 11 is 0. The lowest BCUT2D eigenvalue weighted by Crippen LogP contribution is -2.70. The smallest absolute Gasteiger partial charge is 0.215 e. The lowest BCUT2D eigenvalue weighted by atomic mass is 9.82. The zero-order valence-electron chi connectivity index (χ0n) is 13.4. The highest BCUT2D eigenvalue weighted by Gasteiger charge is 2.49. The first-order valence-corrected chi connectivity index (χ1v) is 7.78. The monoisotopic (exact) mass is 332 g/mol. The Labute approximate surface area is 135 Å². The van der Waals surface area contributed by atoms with Crippen molar-refractivity contribution in [2.24, 2.45) is 17.2 Å². The van der Waals surface area contributed by atoms with Crippen LogP contribution in [-0.2, 0) is 9.47 Å². The molecule has 0 aromatic heterocycles. The molecule has 0 bridgehead atoms. The molecule has 134 valence electrons. The Morgan fingerprint density at radius 1 is 1.26 bits per heavy atom. The molecule has 23 heavy (non-hydrogen) atoms. The van der Waals surface area contributed by atoms with E-state index in [1.54, 1.807) is 20.0 Å². The third kappa shape index (κ3) is 3.67. The van der Waals surface area contributed by atoms with Crippen molar-refractivity contribution in [1.29, 1.82) is 0 Å². The Hall–Kier alpha value is -0.780. The van der Waals surface area contributed by atoms with E-state index >= 15 is 0 Å². The minimum Gasteiger partial charge on any atom is -0.466 e. The summed E-state index contributed by atoms with van der Waals surface area (Å²) in [7, 11) is 1.57. The Balaban J connectivity index is 2.12. The van der Waals surface area contributed by atoms with Gasteiger partial charge in [-0.2, -0.15) is 0 Å². The summed E-state index contributed by atoms with van der Waals surface area (Å²) in [5.74, 6) is 0.557. The number of ether oxygens (including phenoxy) is 2. The van der Waals surface area contributed by atoms with Gasteiger partial charge in [-0.15, -0.1) is 0 Å². The molecule has 2 rings (SSSR count). The molecule has 0 spiro atoms. The van der Waals surface area contributed by atoms with Gasteiger partial charge in [-0.1, -0.05) is 0 Å². The number of aliphatic hydroxyl groups is 3. The lowest BCUT2D eigenvalue weighted by Gasteiger charge is -2.46. The Morgan fingerprint density at radius 2 is 1.91 bits per heavy atom. The van der Waals surface area contributed by atoms with Gasteiger partial charge < -0.3 is 47.3 Å². The second-order valence-electron chi connectivity index (χ2n) is 6.25. The van der Waals surface area contributed by atoms with Crippen molar-refractivity contribution < 1.29 is 24.8 Å². The molecule has 0 aromatic rings. The molecule has 1 saturated carbocycles. The Morgan fingerprint density at radius 3 is 2.48 bits per heavy atom. The maximum absolute atomic E-state index is 10.4. The zero-order chi connectivity index (χ0) is 17.3. The summed E-state index contributed by atoms with van der Waals surface area (Å²) in [4.78, 5) is 0. The van der Waals surface area contributed by atoms with Crippen LogP contribution in [0.15, 0.2) is 11.8 Å². The highest BCUT2D eigenvalue weighted by molar-refractivity contribution is 5.08. The van der Waals surface area contributed by atoms with E-state index in [1.165, 1.54) is 0 Å². The minimum absolute atomic E-state index is 0.309. The molecule has 1 aliphatic heterocycles. The van der Waals surface area contributed by atoms with Gasteiger partial charge in [0.2, 0.25) is 6.29 Å². The predicted octanol–water partition coefficient (Wildman–Crippen LogP) is -3.31. The van der Waals surface area contributed by atoms with Crippen LogP contribution in [0.4, 0.5) is 0 Å². The standard InChI is InChI=1S/C14H28N4O5/c1-5(15)7-4-3-6(16)14(22-7)23-13-8(17)10(19)11(20)9(18-2)12(13)21/h4-6,8-14,18-21H,3,15-17H2,1-2H3/t5-,6?,8?,9?,10?,11?,12?,13?,14?/m0/s1. The van der Waals surface area contributed by atoms with Crippen molar-refractivity contribution in [3.05, 3.63) is 11.8 Å². The van der Waals surface area contributed by atoms with Gasteiger partial charge in [0.05, 0.1) is 42.5 Å². The van der Waals surface area contributed by atoms with Crippen LogP contribution in [-0.4, -0.2) is 77.2 Å². The van der Waals surface area contributed by atoms with Gasteiger partial charge >= 0.3 is 0 Å². The number of aliphatic hydroxyl groups excluding tert-OH is 3. The van der Waals surface area contributed by atoms with E-state index in [-0.39, 0.29) is 6.04 Å². The Kier molecular flexibility index (Phi) is 5.98. The van der Waals surface area contributed by atoms with Crippen LogP contribution < -0.4 is 22.5 Å². The van der Waals surface area contributed by atoms with E-state index in [4.69, 9.17) is 26.7 Å². The van der Waals surface area contributed by atoms with Gasteiger partial charge in [-0.3, -0.25) is 0 Å². The molecule has 9 nitrogen and oxygen atoms in total. The van der Waals surface area contributed by atoms with Gasteiger partial charge in [0.15, 0.2) is 0 Å². The minimum atomic E-state index is -1.25. The van der Waals surface area contributed by atoms with E-state index in [0.29, 0.717) is 12.2 Å². The van der Waals surface area contributed by atoms with Crippen LogP contribution in [0.3, 0.4) is 0 Å². The van der Waals surface area contributed by atoms with Gasteiger partial charge in [0.25, 0.3) is 0 Å². The van der Waals surface area contributed by atoms with Gasteiger partial charge in [0, 0.05) is 0 Å². The number of nitrogens with one attached hydrogen (secondary N) is 1. The fraction of sp³-hybridized carbons (Fsp3) is 0.857. The van der Waals surface area contributed by atoms with Crippen molar-refractivity contribution in [3.8, 4) is 0 Å². The van der Waals surface area contributed by atoms with E-state index < -0.39 is 48.8 Å². The molecule has 8 unspecified atom stereocenters. The topological polar surface area (TPSA) is 169 Å². The molecule has 9 atom stereocenters. The molecule has 1 fully saturated rings. The number of hydrogen-bond donors (Lipinski definition) is 7. The SMILES string of the molecule is CNC1C(O)C(O)C(N)C(OC2OC([C@H](C)N)=CCC2N)C1O. The average molecular weight is 332 g/mol. The van der Waals surface area contributed by atoms with Crippen LogP contribution in [0.25, 0.3) is 0 Å². The highest BCUT2D eigenvalue weighted by atomic mass is 16.7. The van der Waals surface area contributed by atoms with Crippen LogP contribution in [0.2, 0.25) is 0 Å². The third-order valence-electron chi connectivity index (χ3n) is 4.46. The maximum atomic E-state index is 10.4. The largest absolute Gasteiger partial charge is 0.466 e. The van der Waals surface area contributed by atoms with Gasteiger partial charge in [0.1, 0.15) is 11.9 Å². The molecular weight excluding hydrogens is 304 g/mol. The van der Waals surface area contributed by atoms with E-state index in [2.05, 4.69) is 5.32 Å². The molecule has 1 heterocycles. The van der Waals surface area contributed by atoms with E-state index in [9.17, 15) is 15.3 Å². The molecular formula is C14H28N4O5. The van der Waals surface area contributed by atoms with Crippen LogP contribution in [0, 0.1) is 0 Å². The Bertz CT molecular complexity index is 435. The second kappa shape index (κ2) is 7.41. The number of hydrogen-bond acceptors (Lipinski definition) is 9. The number of nitrogens with two attached hydrogens (primary N) is 3. The first kappa shape index (κ1) is 18.6. The van der Waals surface area contributed by atoms with Crippen LogP contribution >= 0.6 is 0 Å². The third-order valence-corrected chi connectivity index (χ3v) is 4.46. The van der Waals surface area contributed by atoms with Crippen LogP contribution in [0.1, 0.15) is 13.3 Å². The van der Waals surface area contributed by atoms with Gasteiger partial charge in [-0.25, -0.2) is 0 Å². The summed E-state index contributed by atoms with van der Waals surface area (Å²) in [6.45, 7) is 1.78. The quantitative estimate of drug-likeness (QED) is 0.278. The summed E-state index contributed by atoms with van der Waals surface area (Å²) in [5, 5.41) is 33.2. The molecule has 0 saturated heterocycles. The summed E-state index contributed by atoms with van der Waals surface area (Å²) in [5.41, 5.74) is 17.7. The van der Waals surface area contributed by atoms with E-state index in [1.807, 2.05) is 0 Å². The summed E-state index contributed by atoms with van der Waals surface area (Å²) < 4.78 is 11.4. The molecule has 10 N–H and O–H groups in total. The fourth-order valence-corrected chi connectivity index (χ4v) is 2.99. The predicted molar refractivity (Wildman–Crippen MR) is 82.9 cm³/mol. The lowest BCUT2D eigenvalue weighted by molar-refractivity contribution is -0.228. The van der Waals surface area contributed by atoms with Crippen LogP contribution in [0.5, 0.6) is 0 Å². The first-order chi connectivity index (χ1) is 10.8. The second-order valence-corrected chi connectivity index (χ2v) is 6.25. The fourth-order valence-electron chi connectivity index (χ4n) is 2.99. The van der Waals surface area contributed by atoms with E-state index in [0.717, 1.165) is 0 Å². The average Bonchev–Trinajstić information content (AvgIpc) is 2.51. The van der Waals surface area contributed by atoms with Crippen molar-refractivity contribution in [2.75, 3.05) is 7.05 Å². The highest BCUT2D eigenvalue weighted by Crippen LogP contribution is 2.27. The maximum Gasteiger partial charge on any atom is 0.215 e. The number of rotatable bonds is 4. The molecule has 2 aliphatic rings. The van der Waals surface area contributed by atoms with Gasteiger partial charge in [-0.05, 0) is 26.5 Å². The van der Waals surface area contributed by atoms with Crippen molar-refractivity contribution in [2.45, 2.75) is 68.2 Å². The summed E-state index contributed by atoms with van der Waals surface area (Å²) in [6, 6.07) is -2.52.